The van der Waals surface area contributed by atoms with Gasteiger partial charge in [0.25, 0.3) is 0 Å². The van der Waals surface area contributed by atoms with Crippen LogP contribution in [0.25, 0.3) is 0 Å². The van der Waals surface area contributed by atoms with Gasteiger partial charge in [-0.3, -0.25) is 0 Å². The van der Waals surface area contributed by atoms with Crippen LogP contribution in [0.3, 0.4) is 0 Å². The number of sulfonamides is 1. The molecule has 19 heavy (non-hydrogen) atoms. The van der Waals surface area contributed by atoms with Crippen LogP contribution in [-0.2, 0) is 10.0 Å². The second-order valence-electron chi connectivity index (χ2n) is 5.39. The Hall–Kier alpha value is -0.910. The third kappa shape index (κ3) is 3.78. The summed E-state index contributed by atoms with van der Waals surface area (Å²) >= 11 is 0. The summed E-state index contributed by atoms with van der Waals surface area (Å²) in [6.45, 7) is 4.43. The summed E-state index contributed by atoms with van der Waals surface area (Å²) < 4.78 is 27.3. The van der Waals surface area contributed by atoms with Crippen molar-refractivity contribution in [3.05, 3.63) is 29.8 Å². The summed E-state index contributed by atoms with van der Waals surface area (Å²) in [5.74, 6) is 0.414. The van der Waals surface area contributed by atoms with Crippen molar-refractivity contribution < 1.29 is 8.42 Å². The molecule has 1 heterocycles. The molecule has 1 atom stereocenters. The summed E-state index contributed by atoms with van der Waals surface area (Å²) in [6, 6.07) is 7.09. The van der Waals surface area contributed by atoms with Crippen molar-refractivity contribution in [1.82, 2.24) is 9.62 Å². The molecule has 0 amide bonds. The molecule has 1 aromatic carbocycles. The van der Waals surface area contributed by atoms with Crippen LogP contribution in [0.15, 0.2) is 29.2 Å². The van der Waals surface area contributed by atoms with E-state index in [1.807, 2.05) is 19.1 Å². The first-order valence-electron chi connectivity index (χ1n) is 6.73. The molecule has 1 aliphatic rings. The second kappa shape index (κ2) is 6.03. The van der Waals surface area contributed by atoms with E-state index in [2.05, 4.69) is 16.7 Å². The fraction of sp³-hybridized carbons (Fsp3) is 0.571. The van der Waals surface area contributed by atoms with Crippen LogP contribution in [0.4, 0.5) is 0 Å². The van der Waals surface area contributed by atoms with Crippen molar-refractivity contribution in [3.63, 3.8) is 0 Å². The molecule has 0 aliphatic carbocycles. The Balaban J connectivity index is 2.00. The molecule has 0 spiro atoms. The first-order chi connectivity index (χ1) is 8.99. The molecule has 4 nitrogen and oxygen atoms in total. The zero-order chi connectivity index (χ0) is 13.9. The Kier molecular flexibility index (Phi) is 4.60. The van der Waals surface area contributed by atoms with Gasteiger partial charge in [-0.25, -0.2) is 13.1 Å². The summed E-state index contributed by atoms with van der Waals surface area (Å²) in [4.78, 5) is 2.65. The van der Waals surface area contributed by atoms with Gasteiger partial charge in [-0.05, 0) is 50.9 Å². The topological polar surface area (TPSA) is 49.4 Å². The number of hydrogen-bond donors (Lipinski definition) is 1. The fourth-order valence-electron chi connectivity index (χ4n) is 2.60. The molecule has 1 unspecified atom stereocenters. The van der Waals surface area contributed by atoms with E-state index < -0.39 is 10.0 Å². The zero-order valence-electron chi connectivity index (χ0n) is 11.6. The van der Waals surface area contributed by atoms with E-state index in [1.165, 1.54) is 0 Å². The molecule has 0 aromatic heterocycles. The molecule has 1 N–H and O–H groups in total. The summed E-state index contributed by atoms with van der Waals surface area (Å²) in [6.07, 6.45) is 2.24. The van der Waals surface area contributed by atoms with Gasteiger partial charge in [0.2, 0.25) is 10.0 Å². The molecular weight excluding hydrogens is 260 g/mol. The van der Waals surface area contributed by atoms with Crippen LogP contribution in [0.5, 0.6) is 0 Å². The zero-order valence-corrected chi connectivity index (χ0v) is 12.4. The van der Waals surface area contributed by atoms with Gasteiger partial charge in [0.05, 0.1) is 4.90 Å². The van der Waals surface area contributed by atoms with Gasteiger partial charge in [0.15, 0.2) is 0 Å². The number of benzene rings is 1. The summed E-state index contributed by atoms with van der Waals surface area (Å²) in [7, 11) is -1.29. The van der Waals surface area contributed by atoms with Crippen LogP contribution in [0, 0.1) is 12.8 Å². The first-order valence-corrected chi connectivity index (χ1v) is 8.21. The van der Waals surface area contributed by atoms with E-state index in [1.54, 1.807) is 12.1 Å². The standard InChI is InChI=1S/C14H22N2O2S/c1-12-6-3-4-8-14(12)19(17,18)15-10-13-7-5-9-16(2)11-13/h3-4,6,8,13,15H,5,7,9-11H2,1-2H3. The third-order valence-corrected chi connectivity index (χ3v) is 5.25. The monoisotopic (exact) mass is 282 g/mol. The number of piperidine rings is 1. The largest absolute Gasteiger partial charge is 0.306 e. The maximum Gasteiger partial charge on any atom is 0.240 e. The van der Waals surface area contributed by atoms with Gasteiger partial charge in [-0.1, -0.05) is 18.2 Å². The molecule has 1 fully saturated rings. The minimum absolute atomic E-state index is 0.388. The van der Waals surface area contributed by atoms with Crippen LogP contribution >= 0.6 is 0 Å². The fourth-order valence-corrected chi connectivity index (χ4v) is 3.96. The Morgan fingerprint density at radius 3 is 2.79 bits per heavy atom. The Morgan fingerprint density at radius 1 is 1.37 bits per heavy atom. The van der Waals surface area contributed by atoms with E-state index in [0.717, 1.165) is 31.5 Å². The van der Waals surface area contributed by atoms with Gasteiger partial charge in [-0.15, -0.1) is 0 Å². The van der Waals surface area contributed by atoms with Crippen molar-refractivity contribution >= 4 is 10.0 Å². The summed E-state index contributed by atoms with van der Waals surface area (Å²) in [5.41, 5.74) is 0.788. The molecule has 0 radical (unpaired) electrons. The highest BCUT2D eigenvalue weighted by atomic mass is 32.2. The predicted molar refractivity (Wildman–Crippen MR) is 76.6 cm³/mol. The van der Waals surface area contributed by atoms with Gasteiger partial charge in [-0.2, -0.15) is 0 Å². The normalized spacial score (nSPS) is 21.5. The number of aryl methyl sites for hydroxylation is 1. The lowest BCUT2D eigenvalue weighted by molar-refractivity contribution is 0.211. The van der Waals surface area contributed by atoms with Crippen molar-refractivity contribution in [2.24, 2.45) is 5.92 Å². The lowest BCUT2D eigenvalue weighted by atomic mass is 9.99. The lowest BCUT2D eigenvalue weighted by Gasteiger charge is -2.29. The Bertz CT molecular complexity index is 528. The second-order valence-corrected chi connectivity index (χ2v) is 7.12. The number of hydrogen-bond acceptors (Lipinski definition) is 3. The van der Waals surface area contributed by atoms with E-state index in [9.17, 15) is 8.42 Å². The number of nitrogens with zero attached hydrogens (tertiary/aromatic N) is 1. The van der Waals surface area contributed by atoms with Crippen molar-refractivity contribution in [1.29, 1.82) is 0 Å². The molecule has 0 bridgehead atoms. The van der Waals surface area contributed by atoms with Crippen molar-refractivity contribution in [2.45, 2.75) is 24.7 Å². The molecule has 0 saturated carbocycles. The Labute approximate surface area is 115 Å². The van der Waals surface area contributed by atoms with Gasteiger partial charge in [0, 0.05) is 13.1 Å². The highest BCUT2D eigenvalue weighted by Crippen LogP contribution is 2.17. The minimum Gasteiger partial charge on any atom is -0.306 e. The minimum atomic E-state index is -3.38. The average molecular weight is 282 g/mol. The number of rotatable bonds is 4. The van der Waals surface area contributed by atoms with Crippen LogP contribution in [-0.4, -0.2) is 40.0 Å². The quantitative estimate of drug-likeness (QED) is 0.913. The highest BCUT2D eigenvalue weighted by molar-refractivity contribution is 7.89. The smallest absolute Gasteiger partial charge is 0.240 e. The third-order valence-electron chi connectivity index (χ3n) is 3.67. The van der Waals surface area contributed by atoms with E-state index in [4.69, 9.17) is 0 Å². The molecule has 1 aliphatic heterocycles. The summed E-state index contributed by atoms with van der Waals surface area (Å²) in [5, 5.41) is 0. The predicted octanol–water partition coefficient (Wildman–Crippen LogP) is 1.62. The van der Waals surface area contributed by atoms with E-state index >= 15 is 0 Å². The van der Waals surface area contributed by atoms with Crippen molar-refractivity contribution in [3.8, 4) is 0 Å². The molecule has 1 aromatic rings. The molecule has 5 heteroatoms. The average Bonchev–Trinajstić information content (AvgIpc) is 2.37. The maximum absolute atomic E-state index is 12.3. The van der Waals surface area contributed by atoms with Crippen molar-refractivity contribution in [2.75, 3.05) is 26.7 Å². The lowest BCUT2D eigenvalue weighted by Crippen LogP contribution is -2.39. The number of nitrogens with one attached hydrogen (secondary N) is 1. The molecule has 106 valence electrons. The maximum atomic E-state index is 12.3. The van der Waals surface area contributed by atoms with Gasteiger partial charge < -0.3 is 4.90 Å². The number of likely N-dealkylation sites (tertiary alicyclic amines) is 1. The van der Waals surface area contributed by atoms with Crippen LogP contribution in [0.1, 0.15) is 18.4 Å². The van der Waals surface area contributed by atoms with Gasteiger partial charge in [0.1, 0.15) is 0 Å². The van der Waals surface area contributed by atoms with E-state index in [-0.39, 0.29) is 0 Å². The van der Waals surface area contributed by atoms with Crippen LogP contribution in [0.2, 0.25) is 0 Å². The first kappa shape index (κ1) is 14.5. The highest BCUT2D eigenvalue weighted by Gasteiger charge is 2.21. The van der Waals surface area contributed by atoms with E-state index in [0.29, 0.717) is 17.4 Å². The van der Waals surface area contributed by atoms with Crippen LogP contribution < -0.4 is 4.72 Å². The molecular formula is C14H22N2O2S. The molecule has 1 saturated heterocycles. The Morgan fingerprint density at radius 2 is 2.11 bits per heavy atom. The SMILES string of the molecule is Cc1ccccc1S(=O)(=O)NCC1CCCN(C)C1. The molecule has 2 rings (SSSR count). The van der Waals surface area contributed by atoms with Gasteiger partial charge >= 0.3 is 0 Å².